The lowest BCUT2D eigenvalue weighted by Gasteiger charge is -2.16. The van der Waals surface area contributed by atoms with Gasteiger partial charge in [-0.25, -0.2) is 4.90 Å². The van der Waals surface area contributed by atoms with Crippen LogP contribution >= 0.6 is 11.8 Å². The Kier molecular flexibility index (Phi) is 9.93. The van der Waals surface area contributed by atoms with E-state index >= 15 is 0 Å². The lowest BCUT2D eigenvalue weighted by atomic mass is 10.2. The molecule has 9 nitrogen and oxygen atoms in total. The number of rotatable bonds is 12. The zero-order chi connectivity index (χ0) is 30.9. The van der Waals surface area contributed by atoms with Gasteiger partial charge in [0.25, 0.3) is 11.8 Å². The fraction of sp³-hybridized carbons (Fsp3) is 0.176. The summed E-state index contributed by atoms with van der Waals surface area (Å²) in [6, 6.07) is 25.8. The van der Waals surface area contributed by atoms with Crippen molar-refractivity contribution in [2.45, 2.75) is 36.3 Å². The molecule has 1 aliphatic heterocycles. The Balaban J connectivity index is 1.21. The quantitative estimate of drug-likeness (QED) is 0.110. The van der Waals surface area contributed by atoms with E-state index in [1.807, 2.05) is 0 Å². The minimum atomic E-state index is -0.570. The Labute approximate surface area is 259 Å². The number of nitrogens with zero attached hydrogens (tertiary/aromatic N) is 1. The Bertz CT molecular complexity index is 1630. The van der Waals surface area contributed by atoms with Gasteiger partial charge in [0, 0.05) is 28.6 Å². The van der Waals surface area contributed by atoms with Gasteiger partial charge >= 0.3 is 0 Å². The number of imide groups is 1. The monoisotopic (exact) mass is 609 g/mol. The molecule has 0 bridgehead atoms. The number of nitrogens with one attached hydrogen (secondary N) is 2. The molecule has 2 N–H and O–H groups in total. The van der Waals surface area contributed by atoms with Gasteiger partial charge in [0.05, 0.1) is 23.8 Å². The molecule has 1 fully saturated rings. The summed E-state index contributed by atoms with van der Waals surface area (Å²) >= 11 is 1.29. The fourth-order valence-electron chi connectivity index (χ4n) is 4.43. The number of hydrogen-bond donors (Lipinski definition) is 2. The summed E-state index contributed by atoms with van der Waals surface area (Å²) < 4.78 is 11.0. The van der Waals surface area contributed by atoms with Gasteiger partial charge in [-0.05, 0) is 79.2 Å². The second-order valence-electron chi connectivity index (χ2n) is 9.95. The van der Waals surface area contributed by atoms with Crippen LogP contribution in [0.1, 0.15) is 42.3 Å². The zero-order valence-electron chi connectivity index (χ0n) is 24.0. The third-order valence-corrected chi connectivity index (χ3v) is 7.91. The van der Waals surface area contributed by atoms with Gasteiger partial charge in [-0.3, -0.25) is 19.2 Å². The smallest absolute Gasteiger partial charge is 0.272 e. The van der Waals surface area contributed by atoms with E-state index in [0.29, 0.717) is 35.1 Å². The van der Waals surface area contributed by atoms with Gasteiger partial charge in [0.1, 0.15) is 17.2 Å². The van der Waals surface area contributed by atoms with Crippen LogP contribution in [-0.2, 0) is 14.4 Å². The van der Waals surface area contributed by atoms with Gasteiger partial charge in [-0.1, -0.05) is 31.5 Å². The highest BCUT2D eigenvalue weighted by molar-refractivity contribution is 8.00. The minimum Gasteiger partial charge on any atom is -0.494 e. The molecule has 44 heavy (non-hydrogen) atoms. The Morgan fingerprint density at radius 2 is 1.73 bits per heavy atom. The van der Waals surface area contributed by atoms with Crippen molar-refractivity contribution in [1.82, 2.24) is 5.32 Å². The number of furan rings is 1. The van der Waals surface area contributed by atoms with Crippen LogP contribution in [-0.4, -0.2) is 35.5 Å². The molecular formula is C34H31N3O6S. The molecule has 224 valence electrons. The number of ether oxygens (including phenoxy) is 1. The highest BCUT2D eigenvalue weighted by Crippen LogP contribution is 2.35. The predicted molar refractivity (Wildman–Crippen MR) is 169 cm³/mol. The van der Waals surface area contributed by atoms with Crippen LogP contribution in [0.25, 0.3) is 6.08 Å². The average molecular weight is 610 g/mol. The van der Waals surface area contributed by atoms with Crippen molar-refractivity contribution in [3.63, 3.8) is 0 Å². The summed E-state index contributed by atoms with van der Waals surface area (Å²) in [5.41, 5.74) is 1.40. The van der Waals surface area contributed by atoms with E-state index in [2.05, 4.69) is 17.6 Å². The van der Waals surface area contributed by atoms with Crippen molar-refractivity contribution in [3.8, 4) is 5.75 Å². The fourth-order valence-corrected chi connectivity index (χ4v) is 5.48. The molecule has 0 aliphatic carbocycles. The second-order valence-corrected chi connectivity index (χ2v) is 11.2. The van der Waals surface area contributed by atoms with Crippen molar-refractivity contribution >= 4 is 52.8 Å². The number of carbonyl (C=O) groups is 4. The predicted octanol–water partition coefficient (Wildman–Crippen LogP) is 6.29. The minimum absolute atomic E-state index is 0.00275. The first kappa shape index (κ1) is 30.4. The molecule has 1 atom stereocenters. The number of carbonyl (C=O) groups excluding carboxylic acids is 4. The summed E-state index contributed by atoms with van der Waals surface area (Å²) in [5, 5.41) is 4.87. The van der Waals surface area contributed by atoms with Crippen molar-refractivity contribution < 1.29 is 28.3 Å². The first-order valence-electron chi connectivity index (χ1n) is 14.2. The lowest BCUT2D eigenvalue weighted by Crippen LogP contribution is -2.31. The molecular weight excluding hydrogens is 578 g/mol. The molecule has 5 rings (SSSR count). The first-order chi connectivity index (χ1) is 21.4. The van der Waals surface area contributed by atoms with Crippen molar-refractivity contribution in [2.24, 2.45) is 0 Å². The van der Waals surface area contributed by atoms with Gasteiger partial charge in [0.15, 0.2) is 0 Å². The number of anilines is 2. The Morgan fingerprint density at radius 1 is 0.977 bits per heavy atom. The highest BCUT2D eigenvalue weighted by atomic mass is 32.2. The molecule has 1 aromatic heterocycles. The molecule has 1 aliphatic rings. The summed E-state index contributed by atoms with van der Waals surface area (Å²) in [5.74, 6) is -0.423. The normalized spacial score (nSPS) is 14.9. The van der Waals surface area contributed by atoms with Gasteiger partial charge in [-0.15, -0.1) is 11.8 Å². The van der Waals surface area contributed by atoms with E-state index in [-0.39, 0.29) is 23.9 Å². The van der Waals surface area contributed by atoms with Crippen molar-refractivity contribution in [3.05, 3.63) is 114 Å². The van der Waals surface area contributed by atoms with Crippen LogP contribution in [0.2, 0.25) is 0 Å². The van der Waals surface area contributed by atoms with Crippen molar-refractivity contribution in [1.29, 1.82) is 0 Å². The van der Waals surface area contributed by atoms with E-state index in [1.54, 1.807) is 91.0 Å². The summed E-state index contributed by atoms with van der Waals surface area (Å²) in [6.07, 6.45) is 4.98. The molecule has 2 heterocycles. The zero-order valence-corrected chi connectivity index (χ0v) is 24.8. The summed E-state index contributed by atoms with van der Waals surface area (Å²) in [6.45, 7) is 2.71. The van der Waals surface area contributed by atoms with Gasteiger partial charge in [0.2, 0.25) is 11.8 Å². The van der Waals surface area contributed by atoms with Crippen molar-refractivity contribution in [2.75, 3.05) is 16.8 Å². The Morgan fingerprint density at radius 3 is 2.41 bits per heavy atom. The molecule has 0 saturated carbocycles. The number of hydrogen-bond acceptors (Lipinski definition) is 7. The molecule has 1 unspecified atom stereocenters. The number of amides is 4. The number of thioether (sulfide) groups is 1. The van der Waals surface area contributed by atoms with Crippen LogP contribution in [0.4, 0.5) is 11.4 Å². The maximum atomic E-state index is 13.2. The number of unbranched alkanes of at least 4 members (excludes halogenated alkanes) is 1. The molecule has 4 amide bonds. The third kappa shape index (κ3) is 7.64. The second kappa shape index (κ2) is 14.4. The van der Waals surface area contributed by atoms with Crippen LogP contribution in [0.5, 0.6) is 5.75 Å². The molecule has 1 saturated heterocycles. The molecule has 0 spiro atoms. The van der Waals surface area contributed by atoms with Crippen LogP contribution < -0.4 is 20.3 Å². The largest absolute Gasteiger partial charge is 0.494 e. The maximum Gasteiger partial charge on any atom is 0.272 e. The van der Waals surface area contributed by atoms with Crippen LogP contribution in [0, 0.1) is 0 Å². The first-order valence-corrected chi connectivity index (χ1v) is 15.1. The molecule has 3 aromatic carbocycles. The number of benzene rings is 3. The lowest BCUT2D eigenvalue weighted by molar-refractivity contribution is -0.121. The molecule has 10 heteroatoms. The topological polar surface area (TPSA) is 118 Å². The van der Waals surface area contributed by atoms with Crippen LogP contribution in [0.3, 0.4) is 0 Å². The van der Waals surface area contributed by atoms with E-state index in [0.717, 1.165) is 17.7 Å². The summed E-state index contributed by atoms with van der Waals surface area (Å²) in [4.78, 5) is 53.8. The van der Waals surface area contributed by atoms with Crippen LogP contribution in [0.15, 0.2) is 112 Å². The van der Waals surface area contributed by atoms with Gasteiger partial charge < -0.3 is 19.8 Å². The average Bonchev–Trinajstić information content (AvgIpc) is 3.65. The molecule has 4 aromatic rings. The SMILES string of the molecule is CCCCOc1ccc(N2C(=O)CC(Sc3ccc(NC(=O)/C(=C/c4ccco4)NC(=O)c4ccccc4)cc3)C2=O)cc1. The standard InChI is InChI=1S/C34H31N3O6S/c1-2-3-19-42-26-15-13-25(14-16-26)37-31(38)22-30(34(37)41)44-28-17-11-24(12-18-28)35-33(40)29(21-27-10-7-20-43-27)36-32(39)23-8-5-4-6-9-23/h4-18,20-21,30H,2-3,19,22H2,1H3,(H,35,40)(H,36,39)/b29-21-. The van der Waals surface area contributed by atoms with Gasteiger partial charge in [-0.2, -0.15) is 0 Å². The van der Waals surface area contributed by atoms with E-state index in [9.17, 15) is 19.2 Å². The van der Waals surface area contributed by atoms with E-state index in [4.69, 9.17) is 9.15 Å². The maximum absolute atomic E-state index is 13.2. The van der Waals surface area contributed by atoms with E-state index < -0.39 is 17.1 Å². The van der Waals surface area contributed by atoms with E-state index in [1.165, 1.54) is 29.0 Å². The third-order valence-electron chi connectivity index (χ3n) is 6.72. The molecule has 0 radical (unpaired) electrons. The highest BCUT2D eigenvalue weighted by Gasteiger charge is 2.40. The Hall–Kier alpha value is -5.09. The summed E-state index contributed by atoms with van der Waals surface area (Å²) in [7, 11) is 0.